The number of hydrogen-bond acceptors (Lipinski definition) is 4. The van der Waals surface area contributed by atoms with E-state index in [2.05, 4.69) is 0 Å². The van der Waals surface area contributed by atoms with Crippen molar-refractivity contribution in [2.75, 3.05) is 25.6 Å². The lowest BCUT2D eigenvalue weighted by molar-refractivity contribution is -0.135. The zero-order valence-corrected chi connectivity index (χ0v) is 15.7. The van der Waals surface area contributed by atoms with E-state index in [1.54, 1.807) is 35.0 Å². The van der Waals surface area contributed by atoms with Crippen molar-refractivity contribution in [3.8, 4) is 5.75 Å². The maximum absolute atomic E-state index is 12.7. The van der Waals surface area contributed by atoms with Gasteiger partial charge in [-0.25, -0.2) is 0 Å². The number of anilines is 1. The summed E-state index contributed by atoms with van der Waals surface area (Å²) in [6.45, 7) is 2.53. The Balaban J connectivity index is 1.73. The molecule has 2 heterocycles. The number of halogens is 1. The van der Waals surface area contributed by atoms with Crippen LogP contribution in [0.3, 0.4) is 0 Å². The molecule has 0 bridgehead atoms. The van der Waals surface area contributed by atoms with Crippen molar-refractivity contribution in [2.45, 2.75) is 19.9 Å². The van der Waals surface area contributed by atoms with Crippen molar-refractivity contribution in [2.24, 2.45) is 5.92 Å². The zero-order chi connectivity index (χ0) is 18.8. The van der Waals surface area contributed by atoms with Crippen LogP contribution >= 0.6 is 11.6 Å². The predicted octanol–water partition coefficient (Wildman–Crippen LogP) is 3.26. The summed E-state index contributed by atoms with van der Waals surface area (Å²) in [6, 6.07) is 8.81. The van der Waals surface area contributed by atoms with Crippen molar-refractivity contribution in [1.29, 1.82) is 0 Å². The number of carbonyl (C=O) groups is 2. The van der Waals surface area contributed by atoms with Gasteiger partial charge >= 0.3 is 0 Å². The number of benzene rings is 1. The molecule has 6 nitrogen and oxygen atoms in total. The molecule has 138 valence electrons. The summed E-state index contributed by atoms with van der Waals surface area (Å²) >= 11 is 6.06. The van der Waals surface area contributed by atoms with E-state index in [1.807, 2.05) is 19.1 Å². The molecule has 2 amide bonds. The molecule has 26 heavy (non-hydrogen) atoms. The minimum absolute atomic E-state index is 0.0871. The monoisotopic (exact) mass is 376 g/mol. The van der Waals surface area contributed by atoms with E-state index >= 15 is 0 Å². The second kappa shape index (κ2) is 7.41. The first kappa shape index (κ1) is 18.3. The largest absolute Gasteiger partial charge is 0.495 e. The quantitative estimate of drug-likeness (QED) is 0.803. The number of ether oxygens (including phenoxy) is 1. The minimum atomic E-state index is -0.410. The van der Waals surface area contributed by atoms with Gasteiger partial charge in [-0.1, -0.05) is 11.6 Å². The Morgan fingerprint density at radius 2 is 2.15 bits per heavy atom. The van der Waals surface area contributed by atoms with Crippen LogP contribution in [0.4, 0.5) is 5.69 Å². The van der Waals surface area contributed by atoms with Gasteiger partial charge in [0.15, 0.2) is 0 Å². The number of amides is 2. The molecule has 1 aromatic heterocycles. The summed E-state index contributed by atoms with van der Waals surface area (Å²) in [6.07, 6.45) is 0.163. The molecule has 0 radical (unpaired) electrons. The van der Waals surface area contributed by atoms with Crippen LogP contribution in [0.1, 0.15) is 17.9 Å². The predicted molar refractivity (Wildman–Crippen MR) is 98.4 cm³/mol. The fourth-order valence-corrected chi connectivity index (χ4v) is 3.34. The Morgan fingerprint density at radius 1 is 1.38 bits per heavy atom. The van der Waals surface area contributed by atoms with Crippen molar-refractivity contribution >= 4 is 29.1 Å². The summed E-state index contributed by atoms with van der Waals surface area (Å²) < 4.78 is 10.8. The number of methoxy groups -OCH3 is 1. The fraction of sp³-hybridized carbons (Fsp3) is 0.368. The molecule has 2 aromatic rings. The highest BCUT2D eigenvalue weighted by Gasteiger charge is 2.37. The molecule has 1 aromatic carbocycles. The van der Waals surface area contributed by atoms with Gasteiger partial charge in [0, 0.05) is 25.0 Å². The first-order valence-corrected chi connectivity index (χ1v) is 8.71. The molecule has 7 heteroatoms. The van der Waals surface area contributed by atoms with E-state index in [9.17, 15) is 9.59 Å². The lowest BCUT2D eigenvalue weighted by Gasteiger charge is -2.22. The second-order valence-electron chi connectivity index (χ2n) is 6.43. The van der Waals surface area contributed by atoms with E-state index in [4.69, 9.17) is 20.8 Å². The van der Waals surface area contributed by atoms with Gasteiger partial charge in [0.1, 0.15) is 17.3 Å². The Labute approximate surface area is 157 Å². The Bertz CT molecular complexity index is 833. The maximum Gasteiger partial charge on any atom is 0.228 e. The second-order valence-corrected chi connectivity index (χ2v) is 6.86. The van der Waals surface area contributed by atoms with Crippen LogP contribution in [0.25, 0.3) is 0 Å². The van der Waals surface area contributed by atoms with Crippen LogP contribution in [0, 0.1) is 12.8 Å². The summed E-state index contributed by atoms with van der Waals surface area (Å²) in [5.41, 5.74) is 0.588. The number of hydrogen-bond donors (Lipinski definition) is 0. The van der Waals surface area contributed by atoms with E-state index in [1.165, 1.54) is 7.11 Å². The number of nitrogens with zero attached hydrogens (tertiary/aromatic N) is 2. The number of carbonyl (C=O) groups excluding carboxylic acids is 2. The minimum Gasteiger partial charge on any atom is -0.495 e. The lowest BCUT2D eigenvalue weighted by atomic mass is 10.1. The van der Waals surface area contributed by atoms with E-state index in [-0.39, 0.29) is 18.2 Å². The summed E-state index contributed by atoms with van der Waals surface area (Å²) in [7, 11) is 3.25. The van der Waals surface area contributed by atoms with Crippen molar-refractivity contribution in [1.82, 2.24) is 4.90 Å². The highest BCUT2D eigenvalue weighted by atomic mass is 35.5. The molecule has 0 N–H and O–H groups in total. The molecular formula is C19H21ClN2O4. The maximum atomic E-state index is 12.7. The molecule has 3 rings (SSSR count). The molecular weight excluding hydrogens is 356 g/mol. The third-order valence-corrected chi connectivity index (χ3v) is 4.71. The number of furan rings is 1. The topological polar surface area (TPSA) is 63.0 Å². The standard InChI is InChI=1S/C19H21ClN2O4/c1-12-4-6-15(26-12)11-21(2)19(24)13-8-18(23)22(10-13)16-9-14(20)5-7-17(16)25-3/h4-7,9,13H,8,10-11H2,1-3H3/t13-/m0/s1. The average Bonchev–Trinajstić information content (AvgIpc) is 3.19. The highest BCUT2D eigenvalue weighted by Crippen LogP contribution is 2.35. The van der Waals surface area contributed by atoms with Crippen molar-refractivity contribution < 1.29 is 18.7 Å². The molecule has 1 fully saturated rings. The molecule has 0 aliphatic carbocycles. The third kappa shape index (κ3) is 3.70. The van der Waals surface area contributed by atoms with Crippen LogP contribution in [-0.2, 0) is 16.1 Å². The molecule has 1 aliphatic rings. The average molecular weight is 377 g/mol. The molecule has 0 unspecified atom stereocenters. The van der Waals surface area contributed by atoms with Crippen LogP contribution < -0.4 is 9.64 Å². The molecule has 1 saturated heterocycles. The SMILES string of the molecule is COc1ccc(Cl)cc1N1C[C@@H](C(=O)N(C)Cc2ccc(C)o2)CC1=O. The highest BCUT2D eigenvalue weighted by molar-refractivity contribution is 6.31. The smallest absolute Gasteiger partial charge is 0.228 e. The zero-order valence-electron chi connectivity index (χ0n) is 15.0. The van der Waals surface area contributed by atoms with Crippen LogP contribution in [-0.4, -0.2) is 37.4 Å². The lowest BCUT2D eigenvalue weighted by Crippen LogP contribution is -2.34. The normalized spacial score (nSPS) is 16.8. The van der Waals surface area contributed by atoms with Crippen LogP contribution in [0.15, 0.2) is 34.7 Å². The van der Waals surface area contributed by atoms with Gasteiger partial charge in [0.2, 0.25) is 11.8 Å². The summed E-state index contributed by atoms with van der Waals surface area (Å²) in [5, 5.41) is 0.508. The fourth-order valence-electron chi connectivity index (χ4n) is 3.17. The van der Waals surface area contributed by atoms with Gasteiger partial charge in [0.25, 0.3) is 0 Å². The Kier molecular flexibility index (Phi) is 5.23. The van der Waals surface area contributed by atoms with Gasteiger partial charge in [-0.05, 0) is 37.3 Å². The number of rotatable bonds is 5. The van der Waals surface area contributed by atoms with Gasteiger partial charge in [-0.15, -0.1) is 0 Å². The van der Waals surface area contributed by atoms with Gasteiger partial charge in [0.05, 0.1) is 25.3 Å². The third-order valence-electron chi connectivity index (χ3n) is 4.47. The van der Waals surface area contributed by atoms with Gasteiger partial charge in [-0.3, -0.25) is 9.59 Å². The van der Waals surface area contributed by atoms with Gasteiger partial charge < -0.3 is 19.0 Å². The van der Waals surface area contributed by atoms with Gasteiger partial charge in [-0.2, -0.15) is 0 Å². The molecule has 0 spiro atoms. The first-order chi connectivity index (χ1) is 12.4. The Morgan fingerprint density at radius 3 is 2.81 bits per heavy atom. The first-order valence-electron chi connectivity index (χ1n) is 8.33. The van der Waals surface area contributed by atoms with Crippen LogP contribution in [0.5, 0.6) is 5.75 Å². The van der Waals surface area contributed by atoms with E-state index in [0.717, 1.165) is 11.5 Å². The van der Waals surface area contributed by atoms with Crippen molar-refractivity contribution in [3.05, 3.63) is 46.9 Å². The summed E-state index contributed by atoms with van der Waals surface area (Å²) in [5.74, 6) is 1.46. The van der Waals surface area contributed by atoms with Crippen molar-refractivity contribution in [3.63, 3.8) is 0 Å². The van der Waals surface area contributed by atoms with Crippen LogP contribution in [0.2, 0.25) is 5.02 Å². The Hall–Kier alpha value is -2.47. The van der Waals surface area contributed by atoms with E-state index < -0.39 is 5.92 Å². The van der Waals surface area contributed by atoms with E-state index in [0.29, 0.717) is 29.5 Å². The molecule has 0 saturated carbocycles. The molecule has 1 aliphatic heterocycles. The molecule has 1 atom stereocenters. The summed E-state index contributed by atoms with van der Waals surface area (Å²) in [4.78, 5) is 28.4. The number of aryl methyl sites for hydroxylation is 1.